The van der Waals surface area contributed by atoms with Gasteiger partial charge in [0.15, 0.2) is 11.6 Å². The van der Waals surface area contributed by atoms with Gasteiger partial charge < -0.3 is 0 Å². The Labute approximate surface area is 170 Å². The Morgan fingerprint density at radius 3 is 1.47 bits per heavy atom. The molecule has 0 spiro atoms. The molecule has 0 saturated heterocycles. The predicted octanol–water partition coefficient (Wildman–Crippen LogP) is 7.88. The van der Waals surface area contributed by atoms with E-state index in [2.05, 4.69) is 0 Å². The van der Waals surface area contributed by atoms with Gasteiger partial charge in [0.25, 0.3) is 0 Å². The van der Waals surface area contributed by atoms with Crippen LogP contribution >= 0.6 is 0 Å². The zero-order valence-corrected chi connectivity index (χ0v) is 15.6. The van der Waals surface area contributed by atoms with Crippen molar-refractivity contribution >= 4 is 21.5 Å². The standard InChI is InChI=1S/C26H14F4/c27-19-11-10-16(14-22(19)30)24-18-9-5-4-8-17(18)23(15-6-2-1-3-7-15)25-20(28)12-13-21(29)26(24)25/h1-14H. The van der Waals surface area contributed by atoms with Crippen LogP contribution in [-0.2, 0) is 0 Å². The minimum Gasteiger partial charge on any atom is -0.206 e. The molecule has 0 unspecified atom stereocenters. The van der Waals surface area contributed by atoms with Crippen LogP contribution in [0.4, 0.5) is 17.6 Å². The van der Waals surface area contributed by atoms with Gasteiger partial charge in [-0.15, -0.1) is 0 Å². The van der Waals surface area contributed by atoms with Crippen LogP contribution in [0.3, 0.4) is 0 Å². The van der Waals surface area contributed by atoms with Crippen molar-refractivity contribution in [2.75, 3.05) is 0 Å². The van der Waals surface area contributed by atoms with Crippen molar-refractivity contribution in [2.24, 2.45) is 0 Å². The largest absolute Gasteiger partial charge is 0.206 e. The van der Waals surface area contributed by atoms with E-state index in [0.29, 0.717) is 21.9 Å². The summed E-state index contributed by atoms with van der Waals surface area (Å²) in [6.45, 7) is 0. The smallest absolute Gasteiger partial charge is 0.159 e. The molecule has 0 radical (unpaired) electrons. The first-order valence-electron chi connectivity index (χ1n) is 9.39. The van der Waals surface area contributed by atoms with Crippen molar-refractivity contribution in [3.05, 3.63) is 108 Å². The zero-order chi connectivity index (χ0) is 20.8. The molecule has 0 aliphatic heterocycles. The van der Waals surface area contributed by atoms with Crippen LogP contribution in [0.5, 0.6) is 0 Å². The summed E-state index contributed by atoms with van der Waals surface area (Å²) in [7, 11) is 0. The Morgan fingerprint density at radius 1 is 0.400 bits per heavy atom. The lowest BCUT2D eigenvalue weighted by molar-refractivity contribution is 0.509. The minimum absolute atomic E-state index is 0.0403. The van der Waals surface area contributed by atoms with Gasteiger partial charge in [-0.1, -0.05) is 60.7 Å². The average molecular weight is 402 g/mol. The van der Waals surface area contributed by atoms with Gasteiger partial charge in [-0.05, 0) is 46.2 Å². The molecule has 5 aromatic rings. The molecule has 0 aromatic heterocycles. The number of halogens is 4. The minimum atomic E-state index is -1.05. The van der Waals surface area contributed by atoms with Gasteiger partial charge >= 0.3 is 0 Å². The molecule has 4 heteroatoms. The zero-order valence-electron chi connectivity index (χ0n) is 15.6. The fourth-order valence-electron chi connectivity index (χ4n) is 4.09. The fourth-order valence-corrected chi connectivity index (χ4v) is 4.09. The highest BCUT2D eigenvalue weighted by atomic mass is 19.2. The molecule has 0 bridgehead atoms. The molecule has 0 N–H and O–H groups in total. The molecule has 0 saturated carbocycles. The molecule has 0 heterocycles. The second kappa shape index (κ2) is 6.99. The molecule has 30 heavy (non-hydrogen) atoms. The van der Waals surface area contributed by atoms with Crippen LogP contribution in [-0.4, -0.2) is 0 Å². The first-order chi connectivity index (χ1) is 14.6. The van der Waals surface area contributed by atoms with Gasteiger partial charge in [-0.25, -0.2) is 17.6 Å². The first kappa shape index (κ1) is 18.4. The third-order valence-electron chi connectivity index (χ3n) is 5.34. The summed E-state index contributed by atoms with van der Waals surface area (Å²) < 4.78 is 58.0. The van der Waals surface area contributed by atoms with Crippen LogP contribution < -0.4 is 0 Å². The number of hydrogen-bond acceptors (Lipinski definition) is 0. The number of rotatable bonds is 2. The summed E-state index contributed by atoms with van der Waals surface area (Å²) in [6, 6.07) is 21.9. The second-order valence-electron chi connectivity index (χ2n) is 7.07. The van der Waals surface area contributed by atoms with Crippen LogP contribution in [0.1, 0.15) is 0 Å². The fraction of sp³-hybridized carbons (Fsp3) is 0. The molecule has 0 amide bonds. The lowest BCUT2D eigenvalue weighted by Gasteiger charge is -2.18. The summed E-state index contributed by atoms with van der Waals surface area (Å²) in [5.74, 6) is -3.26. The summed E-state index contributed by atoms with van der Waals surface area (Å²) in [4.78, 5) is 0. The highest BCUT2D eigenvalue weighted by Crippen LogP contribution is 2.45. The van der Waals surface area contributed by atoms with E-state index in [1.165, 1.54) is 6.07 Å². The molecular weight excluding hydrogens is 388 g/mol. The van der Waals surface area contributed by atoms with E-state index in [0.717, 1.165) is 29.8 Å². The summed E-state index contributed by atoms with van der Waals surface area (Å²) in [5.41, 5.74) is 1.90. The van der Waals surface area contributed by atoms with Crippen LogP contribution in [0.2, 0.25) is 0 Å². The Morgan fingerprint density at radius 2 is 0.900 bits per heavy atom. The SMILES string of the molecule is Fc1ccc(-c2c3ccccc3c(-c3ccccc3)c3c(F)ccc(F)c23)cc1F. The average Bonchev–Trinajstić information content (AvgIpc) is 2.77. The third-order valence-corrected chi connectivity index (χ3v) is 5.34. The molecule has 0 nitrogen and oxygen atoms in total. The van der Waals surface area contributed by atoms with E-state index in [1.54, 1.807) is 12.1 Å². The van der Waals surface area contributed by atoms with Gasteiger partial charge in [-0.2, -0.15) is 0 Å². The van der Waals surface area contributed by atoms with Crippen molar-refractivity contribution in [1.29, 1.82) is 0 Å². The summed E-state index contributed by atoms with van der Waals surface area (Å²) in [6.07, 6.45) is 0. The third kappa shape index (κ3) is 2.76. The molecule has 5 aromatic carbocycles. The van der Waals surface area contributed by atoms with Crippen LogP contribution in [0.15, 0.2) is 84.9 Å². The predicted molar refractivity (Wildman–Crippen MR) is 112 cm³/mol. The maximum Gasteiger partial charge on any atom is 0.159 e. The lowest BCUT2D eigenvalue weighted by atomic mass is 9.85. The molecule has 0 fully saturated rings. The molecule has 0 aliphatic carbocycles. The van der Waals surface area contributed by atoms with Crippen LogP contribution in [0.25, 0.3) is 43.8 Å². The quantitative estimate of drug-likeness (QED) is 0.208. The number of benzene rings is 5. The molecule has 0 aliphatic rings. The summed E-state index contributed by atoms with van der Waals surface area (Å²) >= 11 is 0. The molecule has 0 atom stereocenters. The van der Waals surface area contributed by atoms with E-state index in [-0.39, 0.29) is 16.3 Å². The van der Waals surface area contributed by atoms with Gasteiger partial charge in [0.1, 0.15) is 11.6 Å². The Bertz CT molecular complexity index is 1420. The van der Waals surface area contributed by atoms with E-state index in [9.17, 15) is 8.78 Å². The normalized spacial score (nSPS) is 11.3. The monoisotopic (exact) mass is 402 g/mol. The number of fused-ring (bicyclic) bond motifs is 2. The van der Waals surface area contributed by atoms with Crippen molar-refractivity contribution < 1.29 is 17.6 Å². The Hall–Kier alpha value is -3.66. The second-order valence-corrected chi connectivity index (χ2v) is 7.07. The van der Waals surface area contributed by atoms with Gasteiger partial charge in [0, 0.05) is 21.9 Å². The van der Waals surface area contributed by atoms with Crippen molar-refractivity contribution in [1.82, 2.24) is 0 Å². The topological polar surface area (TPSA) is 0 Å². The van der Waals surface area contributed by atoms with Gasteiger partial charge in [0.05, 0.1) is 0 Å². The number of hydrogen-bond donors (Lipinski definition) is 0. The van der Waals surface area contributed by atoms with E-state index in [4.69, 9.17) is 0 Å². The maximum absolute atomic E-state index is 15.2. The molecule has 146 valence electrons. The first-order valence-corrected chi connectivity index (χ1v) is 9.39. The Balaban J connectivity index is 2.06. The highest BCUT2D eigenvalue weighted by Gasteiger charge is 2.22. The molecular formula is C26H14F4. The van der Waals surface area contributed by atoms with Crippen molar-refractivity contribution in [2.45, 2.75) is 0 Å². The lowest BCUT2D eigenvalue weighted by Crippen LogP contribution is -1.96. The van der Waals surface area contributed by atoms with Gasteiger partial charge in [-0.3, -0.25) is 0 Å². The van der Waals surface area contributed by atoms with E-state index in [1.807, 2.05) is 42.5 Å². The summed E-state index contributed by atoms with van der Waals surface area (Å²) in [5, 5.41) is 1.47. The maximum atomic E-state index is 15.2. The van der Waals surface area contributed by atoms with Crippen molar-refractivity contribution in [3.63, 3.8) is 0 Å². The van der Waals surface area contributed by atoms with E-state index < -0.39 is 23.3 Å². The highest BCUT2D eigenvalue weighted by molar-refractivity contribution is 6.21. The van der Waals surface area contributed by atoms with E-state index >= 15 is 8.78 Å². The van der Waals surface area contributed by atoms with Gasteiger partial charge in [0.2, 0.25) is 0 Å². The van der Waals surface area contributed by atoms with Crippen molar-refractivity contribution in [3.8, 4) is 22.3 Å². The van der Waals surface area contributed by atoms with Crippen LogP contribution in [0, 0.1) is 23.3 Å². The molecule has 5 rings (SSSR count). The Kier molecular flexibility index (Phi) is 4.28.